The first kappa shape index (κ1) is 21.4. The summed E-state index contributed by atoms with van der Waals surface area (Å²) >= 11 is 0. The predicted octanol–water partition coefficient (Wildman–Crippen LogP) is 3.44. The van der Waals surface area contributed by atoms with E-state index >= 15 is 0 Å². The van der Waals surface area contributed by atoms with E-state index in [9.17, 15) is 14.2 Å². The van der Waals surface area contributed by atoms with Crippen LogP contribution < -0.4 is 0 Å². The third-order valence-electron chi connectivity index (χ3n) is 1.87. The van der Waals surface area contributed by atoms with Gasteiger partial charge in [-0.05, 0) is 27.7 Å². The largest absolute Gasteiger partial charge is 0.510 e. The van der Waals surface area contributed by atoms with Gasteiger partial charge in [-0.1, -0.05) is 6.08 Å². The molecule has 0 unspecified atom stereocenters. The van der Waals surface area contributed by atoms with Crippen LogP contribution in [0.4, 0.5) is 9.59 Å². The molecule has 0 radical (unpaired) electrons. The fraction of sp³-hybridized carbons (Fsp3) is 0.692. The van der Waals surface area contributed by atoms with Crippen LogP contribution in [0.2, 0.25) is 0 Å². The molecule has 23 heavy (non-hydrogen) atoms. The van der Waals surface area contributed by atoms with Crippen molar-refractivity contribution in [1.29, 1.82) is 0 Å². The van der Waals surface area contributed by atoms with Gasteiger partial charge in [0.15, 0.2) is 0 Å². The maximum Gasteiger partial charge on any atom is 0.510 e. The molecule has 0 atom stereocenters. The molecular formula is C13H23O9P. The summed E-state index contributed by atoms with van der Waals surface area (Å²) in [6, 6.07) is 0. The lowest BCUT2D eigenvalue weighted by Gasteiger charge is -2.17. The number of carbonyl (C=O) groups excluding carboxylic acids is 2. The molecule has 9 nitrogen and oxygen atoms in total. The van der Waals surface area contributed by atoms with Gasteiger partial charge >= 0.3 is 19.9 Å². The second-order valence-electron chi connectivity index (χ2n) is 4.70. The van der Waals surface area contributed by atoms with E-state index in [0.29, 0.717) is 0 Å². The van der Waals surface area contributed by atoms with Gasteiger partial charge < -0.3 is 18.9 Å². The van der Waals surface area contributed by atoms with E-state index < -0.39 is 33.5 Å². The summed E-state index contributed by atoms with van der Waals surface area (Å²) in [4.78, 5) is 22.3. The lowest BCUT2D eigenvalue weighted by atomic mass is 10.5. The molecule has 0 saturated carbocycles. The molecule has 0 rings (SSSR count). The molecule has 0 aromatic carbocycles. The zero-order chi connectivity index (χ0) is 17.9. The van der Waals surface area contributed by atoms with E-state index in [1.54, 1.807) is 27.7 Å². The van der Waals surface area contributed by atoms with Crippen LogP contribution in [0, 0.1) is 0 Å². The second kappa shape index (κ2) is 11.0. The highest BCUT2D eigenvalue weighted by atomic mass is 31.2. The smallest absolute Gasteiger partial charge is 0.432 e. The van der Waals surface area contributed by atoms with Gasteiger partial charge in [-0.25, -0.2) is 9.59 Å². The molecule has 0 aromatic rings. The first-order valence-electron chi connectivity index (χ1n) is 6.84. The quantitative estimate of drug-likeness (QED) is 0.252. The Bertz CT molecular complexity index is 401. The van der Waals surface area contributed by atoms with Gasteiger partial charge in [0, 0.05) is 0 Å². The van der Waals surface area contributed by atoms with Gasteiger partial charge in [-0.15, -0.1) is 6.58 Å². The molecule has 10 heteroatoms. The number of rotatable bonds is 10. The van der Waals surface area contributed by atoms with Crippen LogP contribution in [-0.4, -0.2) is 44.3 Å². The minimum absolute atomic E-state index is 0.168. The maximum atomic E-state index is 12.2. The highest BCUT2D eigenvalue weighted by Gasteiger charge is 2.25. The zero-order valence-corrected chi connectivity index (χ0v) is 14.6. The summed E-state index contributed by atoms with van der Waals surface area (Å²) in [6.45, 7) is 8.68. The van der Waals surface area contributed by atoms with Crippen LogP contribution in [0.25, 0.3) is 0 Å². The normalized spacial score (nSPS) is 11.2. The summed E-state index contributed by atoms with van der Waals surface area (Å²) in [5.74, 6) is 0. The van der Waals surface area contributed by atoms with Crippen LogP contribution in [0.3, 0.4) is 0 Å². The third kappa shape index (κ3) is 11.6. The molecule has 0 aliphatic carbocycles. The van der Waals surface area contributed by atoms with Gasteiger partial charge in [-0.2, -0.15) is 0 Å². The average Bonchev–Trinajstić information content (AvgIpc) is 2.36. The highest BCUT2D eigenvalue weighted by Crippen LogP contribution is 2.48. The fourth-order valence-corrected chi connectivity index (χ4v) is 2.09. The van der Waals surface area contributed by atoms with E-state index in [0.717, 1.165) is 0 Å². The summed E-state index contributed by atoms with van der Waals surface area (Å²) < 4.78 is 40.6. The Morgan fingerprint density at radius 3 is 1.65 bits per heavy atom. The van der Waals surface area contributed by atoms with E-state index in [4.69, 9.17) is 18.5 Å². The molecule has 0 aliphatic heterocycles. The summed E-state index contributed by atoms with van der Waals surface area (Å²) in [5.41, 5.74) is 0. The number of allylic oxidation sites excluding steroid dienone is 1. The Balaban J connectivity index is 4.24. The number of hydrogen-bond acceptors (Lipinski definition) is 9. The van der Waals surface area contributed by atoms with Crippen molar-refractivity contribution >= 4 is 19.9 Å². The highest BCUT2D eigenvalue weighted by molar-refractivity contribution is 7.54. The zero-order valence-electron chi connectivity index (χ0n) is 13.7. The Labute approximate surface area is 135 Å². The monoisotopic (exact) mass is 354 g/mol. The van der Waals surface area contributed by atoms with Crippen LogP contribution in [0.1, 0.15) is 27.7 Å². The van der Waals surface area contributed by atoms with Gasteiger partial charge in [0.05, 0.1) is 18.4 Å². The first-order chi connectivity index (χ1) is 10.7. The van der Waals surface area contributed by atoms with Gasteiger partial charge in [-0.3, -0.25) is 13.6 Å². The minimum atomic E-state index is -3.68. The van der Waals surface area contributed by atoms with Crippen molar-refractivity contribution in [2.75, 3.05) is 19.7 Å². The SMILES string of the molecule is C=CCP(=O)(OCOC(=O)OC(C)C)OCOC(=O)OC(C)C. The van der Waals surface area contributed by atoms with Crippen molar-refractivity contribution in [2.24, 2.45) is 0 Å². The van der Waals surface area contributed by atoms with Crippen LogP contribution in [0.15, 0.2) is 12.7 Å². The molecule has 0 spiro atoms. The maximum absolute atomic E-state index is 12.2. The molecule has 0 bridgehead atoms. The Morgan fingerprint density at radius 1 is 0.957 bits per heavy atom. The molecule has 0 aliphatic rings. The lowest BCUT2D eigenvalue weighted by molar-refractivity contribution is -0.0298. The first-order valence-corrected chi connectivity index (χ1v) is 8.57. The molecule has 0 amide bonds. The third-order valence-corrected chi connectivity index (χ3v) is 3.57. The lowest BCUT2D eigenvalue weighted by Crippen LogP contribution is -2.16. The van der Waals surface area contributed by atoms with Crippen molar-refractivity contribution in [2.45, 2.75) is 39.9 Å². The Hall–Kier alpha value is -1.57. The summed E-state index contributed by atoms with van der Waals surface area (Å²) in [5, 5.41) is 0. The Morgan fingerprint density at radius 2 is 1.35 bits per heavy atom. The van der Waals surface area contributed by atoms with E-state index in [-0.39, 0.29) is 18.4 Å². The summed E-state index contributed by atoms with van der Waals surface area (Å²) in [7, 11) is -3.68. The molecule has 0 saturated heterocycles. The number of hydrogen-bond donors (Lipinski definition) is 0. The van der Waals surface area contributed by atoms with Crippen molar-refractivity contribution in [3.8, 4) is 0 Å². The molecule has 0 fully saturated rings. The molecule has 134 valence electrons. The summed E-state index contributed by atoms with van der Waals surface area (Å²) in [6.07, 6.45) is -1.54. The molecule has 0 aromatic heterocycles. The van der Waals surface area contributed by atoms with Crippen molar-refractivity contribution in [1.82, 2.24) is 0 Å². The van der Waals surface area contributed by atoms with Crippen LogP contribution >= 0.6 is 7.60 Å². The topological polar surface area (TPSA) is 107 Å². The molecule has 0 N–H and O–H groups in total. The Kier molecular flexibility index (Phi) is 10.3. The van der Waals surface area contributed by atoms with Gasteiger partial charge in [0.25, 0.3) is 0 Å². The van der Waals surface area contributed by atoms with Crippen molar-refractivity contribution < 1.29 is 42.1 Å². The standard InChI is InChI=1S/C13H23O9P/c1-6-7-23(16,19-8-17-12(14)21-10(2)3)20-9-18-13(15)22-11(4)5/h6,10-11H,1,7-9H2,2-5H3. The molecular weight excluding hydrogens is 331 g/mol. The van der Waals surface area contributed by atoms with E-state index in [1.807, 2.05) is 0 Å². The van der Waals surface area contributed by atoms with Crippen LogP contribution in [0.5, 0.6) is 0 Å². The fourth-order valence-electron chi connectivity index (χ4n) is 1.06. The predicted molar refractivity (Wildman–Crippen MR) is 80.0 cm³/mol. The average molecular weight is 354 g/mol. The van der Waals surface area contributed by atoms with E-state index in [2.05, 4.69) is 16.1 Å². The minimum Gasteiger partial charge on any atom is -0.432 e. The molecule has 0 heterocycles. The van der Waals surface area contributed by atoms with Crippen molar-refractivity contribution in [3.05, 3.63) is 12.7 Å². The van der Waals surface area contributed by atoms with E-state index in [1.165, 1.54) is 6.08 Å². The van der Waals surface area contributed by atoms with Gasteiger partial charge in [0.1, 0.15) is 0 Å². The van der Waals surface area contributed by atoms with Gasteiger partial charge in [0.2, 0.25) is 13.6 Å². The van der Waals surface area contributed by atoms with Crippen LogP contribution in [-0.2, 0) is 32.6 Å². The second-order valence-corrected chi connectivity index (χ2v) is 6.80. The number of carbonyl (C=O) groups is 2. The number of ether oxygens (including phenoxy) is 4. The van der Waals surface area contributed by atoms with Crippen molar-refractivity contribution in [3.63, 3.8) is 0 Å².